The van der Waals surface area contributed by atoms with E-state index in [0.717, 1.165) is 5.56 Å². The summed E-state index contributed by atoms with van der Waals surface area (Å²) in [6.45, 7) is 6.67. The van der Waals surface area contributed by atoms with E-state index in [-0.39, 0.29) is 11.8 Å². The van der Waals surface area contributed by atoms with Crippen LogP contribution in [0.15, 0.2) is 47.5 Å². The molecule has 1 saturated heterocycles. The SMILES string of the molecule is CC(C)Sc1ccc(CC(=O)N2CCN(C(=O)c3ccc[nH]3)CC2)cc1. The van der Waals surface area contributed by atoms with Crippen molar-refractivity contribution in [3.63, 3.8) is 0 Å². The summed E-state index contributed by atoms with van der Waals surface area (Å²) in [5, 5.41) is 0.549. The highest BCUT2D eigenvalue weighted by Gasteiger charge is 2.25. The van der Waals surface area contributed by atoms with Crippen molar-refractivity contribution < 1.29 is 9.59 Å². The van der Waals surface area contributed by atoms with Gasteiger partial charge in [0.1, 0.15) is 5.69 Å². The molecular weight excluding hydrogens is 346 g/mol. The van der Waals surface area contributed by atoms with Crippen LogP contribution in [0.2, 0.25) is 0 Å². The van der Waals surface area contributed by atoms with E-state index < -0.39 is 0 Å². The quantitative estimate of drug-likeness (QED) is 0.822. The minimum Gasteiger partial charge on any atom is -0.357 e. The fourth-order valence-electron chi connectivity index (χ4n) is 3.04. The van der Waals surface area contributed by atoms with E-state index in [9.17, 15) is 9.59 Å². The lowest BCUT2D eigenvalue weighted by molar-refractivity contribution is -0.131. The fraction of sp³-hybridized carbons (Fsp3) is 0.400. The monoisotopic (exact) mass is 371 g/mol. The molecule has 1 fully saturated rings. The average molecular weight is 372 g/mol. The summed E-state index contributed by atoms with van der Waals surface area (Å²) in [5.74, 6) is 0.126. The summed E-state index contributed by atoms with van der Waals surface area (Å²) >= 11 is 1.82. The van der Waals surface area contributed by atoms with Gasteiger partial charge in [-0.2, -0.15) is 0 Å². The molecule has 2 aromatic rings. The number of carbonyl (C=O) groups excluding carboxylic acids is 2. The number of thioether (sulfide) groups is 1. The van der Waals surface area contributed by atoms with Crippen molar-refractivity contribution in [2.24, 2.45) is 0 Å². The third-order valence-electron chi connectivity index (χ3n) is 4.40. The minimum absolute atomic E-state index is 0.000315. The number of H-pyrrole nitrogens is 1. The molecule has 3 rings (SSSR count). The number of hydrogen-bond acceptors (Lipinski definition) is 3. The maximum absolute atomic E-state index is 12.5. The van der Waals surface area contributed by atoms with Gasteiger partial charge >= 0.3 is 0 Å². The standard InChI is InChI=1S/C20H25N3O2S/c1-15(2)26-17-7-5-16(6-8-17)14-19(24)22-10-12-23(13-11-22)20(25)18-4-3-9-21-18/h3-9,15,21H,10-14H2,1-2H3. The zero-order chi connectivity index (χ0) is 18.5. The molecule has 6 heteroatoms. The van der Waals surface area contributed by atoms with Crippen molar-refractivity contribution in [3.05, 3.63) is 53.9 Å². The first-order valence-electron chi connectivity index (χ1n) is 8.99. The number of hydrogen-bond donors (Lipinski definition) is 1. The van der Waals surface area contributed by atoms with Gasteiger partial charge in [-0.05, 0) is 29.8 Å². The molecule has 0 unspecified atom stereocenters. The van der Waals surface area contributed by atoms with Crippen molar-refractivity contribution in [3.8, 4) is 0 Å². The number of aromatic nitrogens is 1. The molecule has 1 aromatic carbocycles. The Balaban J connectivity index is 1.50. The van der Waals surface area contributed by atoms with E-state index in [4.69, 9.17) is 0 Å². The molecular formula is C20H25N3O2S. The van der Waals surface area contributed by atoms with Crippen molar-refractivity contribution >= 4 is 23.6 Å². The number of aromatic amines is 1. The highest BCUT2D eigenvalue weighted by molar-refractivity contribution is 7.99. The maximum atomic E-state index is 12.5. The Bertz CT molecular complexity index is 733. The van der Waals surface area contributed by atoms with Crippen molar-refractivity contribution in [2.45, 2.75) is 30.4 Å². The van der Waals surface area contributed by atoms with Crippen LogP contribution in [0.25, 0.3) is 0 Å². The lowest BCUT2D eigenvalue weighted by atomic mass is 10.1. The van der Waals surface area contributed by atoms with E-state index in [1.165, 1.54) is 4.90 Å². The number of carbonyl (C=O) groups is 2. The number of benzene rings is 1. The molecule has 5 nitrogen and oxygen atoms in total. The molecule has 0 atom stereocenters. The molecule has 0 spiro atoms. The number of amides is 2. The van der Waals surface area contributed by atoms with Gasteiger partial charge in [-0.3, -0.25) is 9.59 Å². The first-order valence-corrected chi connectivity index (χ1v) is 9.87. The van der Waals surface area contributed by atoms with Gasteiger partial charge in [0.05, 0.1) is 6.42 Å². The Kier molecular flexibility index (Phi) is 6.04. The lowest BCUT2D eigenvalue weighted by Gasteiger charge is -2.34. The smallest absolute Gasteiger partial charge is 0.270 e. The normalized spacial score (nSPS) is 14.7. The molecule has 2 heterocycles. The first kappa shape index (κ1) is 18.6. The molecule has 1 N–H and O–H groups in total. The summed E-state index contributed by atoms with van der Waals surface area (Å²) in [4.78, 5) is 32.7. The number of nitrogens with zero attached hydrogens (tertiary/aromatic N) is 2. The van der Waals surface area contributed by atoms with Gasteiger partial charge in [-0.15, -0.1) is 11.8 Å². The first-order chi connectivity index (χ1) is 12.5. The number of piperazine rings is 1. The molecule has 1 aliphatic rings. The largest absolute Gasteiger partial charge is 0.357 e. The second-order valence-corrected chi connectivity index (χ2v) is 8.39. The van der Waals surface area contributed by atoms with Crippen LogP contribution in [0, 0.1) is 0 Å². The van der Waals surface area contributed by atoms with E-state index in [1.54, 1.807) is 17.2 Å². The van der Waals surface area contributed by atoms with Gasteiger partial charge in [0.15, 0.2) is 0 Å². The molecule has 0 bridgehead atoms. The topological polar surface area (TPSA) is 56.4 Å². The van der Waals surface area contributed by atoms with Crippen LogP contribution in [0.3, 0.4) is 0 Å². The highest BCUT2D eigenvalue weighted by atomic mass is 32.2. The predicted octanol–water partition coefficient (Wildman–Crippen LogP) is 3.04. The van der Waals surface area contributed by atoms with Crippen LogP contribution < -0.4 is 0 Å². The van der Waals surface area contributed by atoms with Crippen LogP contribution in [0.5, 0.6) is 0 Å². The maximum Gasteiger partial charge on any atom is 0.270 e. The van der Waals surface area contributed by atoms with Crippen LogP contribution in [-0.4, -0.2) is 58.0 Å². The Morgan fingerprint density at radius 1 is 1.04 bits per heavy atom. The second kappa shape index (κ2) is 8.45. The summed E-state index contributed by atoms with van der Waals surface area (Å²) in [5.41, 5.74) is 1.64. The molecule has 0 aliphatic carbocycles. The predicted molar refractivity (Wildman–Crippen MR) is 104 cm³/mol. The van der Waals surface area contributed by atoms with Crippen molar-refractivity contribution in [1.29, 1.82) is 0 Å². The number of rotatable bonds is 5. The van der Waals surface area contributed by atoms with Crippen molar-refractivity contribution in [2.75, 3.05) is 26.2 Å². The van der Waals surface area contributed by atoms with Crippen LogP contribution >= 0.6 is 11.8 Å². The van der Waals surface area contributed by atoms with Gasteiger partial charge in [0.2, 0.25) is 5.91 Å². The Morgan fingerprint density at radius 2 is 1.69 bits per heavy atom. The Labute approximate surface area is 158 Å². The molecule has 1 aromatic heterocycles. The van der Waals surface area contributed by atoms with E-state index >= 15 is 0 Å². The molecule has 0 saturated carbocycles. The third-order valence-corrected chi connectivity index (χ3v) is 5.41. The van der Waals surface area contributed by atoms with Crippen molar-refractivity contribution in [1.82, 2.24) is 14.8 Å². The summed E-state index contributed by atoms with van der Waals surface area (Å²) in [6, 6.07) is 11.8. The summed E-state index contributed by atoms with van der Waals surface area (Å²) in [6.07, 6.45) is 2.16. The summed E-state index contributed by atoms with van der Waals surface area (Å²) in [7, 11) is 0. The third kappa shape index (κ3) is 4.69. The van der Waals surface area contributed by atoms with Gasteiger partial charge in [0, 0.05) is 42.5 Å². The lowest BCUT2D eigenvalue weighted by Crippen LogP contribution is -2.51. The molecule has 0 radical (unpaired) electrons. The Morgan fingerprint density at radius 3 is 2.27 bits per heavy atom. The van der Waals surface area contributed by atoms with E-state index in [0.29, 0.717) is 43.5 Å². The fourth-order valence-corrected chi connectivity index (χ4v) is 3.87. The van der Waals surface area contributed by atoms with Crippen LogP contribution in [0.4, 0.5) is 0 Å². The average Bonchev–Trinajstić information content (AvgIpc) is 3.17. The van der Waals surface area contributed by atoms with Gasteiger partial charge in [-0.1, -0.05) is 26.0 Å². The summed E-state index contributed by atoms with van der Waals surface area (Å²) < 4.78 is 0. The zero-order valence-electron chi connectivity index (χ0n) is 15.3. The molecule has 1 aliphatic heterocycles. The van der Waals surface area contributed by atoms with Crippen LogP contribution in [-0.2, 0) is 11.2 Å². The van der Waals surface area contributed by atoms with E-state index in [1.807, 2.05) is 34.9 Å². The molecule has 138 valence electrons. The zero-order valence-corrected chi connectivity index (χ0v) is 16.1. The minimum atomic E-state index is 0.000315. The van der Waals surface area contributed by atoms with Crippen LogP contribution in [0.1, 0.15) is 29.9 Å². The highest BCUT2D eigenvalue weighted by Crippen LogP contribution is 2.23. The number of nitrogens with one attached hydrogen (secondary N) is 1. The second-order valence-electron chi connectivity index (χ2n) is 6.74. The molecule has 26 heavy (non-hydrogen) atoms. The van der Waals surface area contributed by atoms with Gasteiger partial charge < -0.3 is 14.8 Å². The molecule has 2 amide bonds. The van der Waals surface area contributed by atoms with Gasteiger partial charge in [-0.25, -0.2) is 0 Å². The van der Waals surface area contributed by atoms with E-state index in [2.05, 4.69) is 31.0 Å². The van der Waals surface area contributed by atoms with Gasteiger partial charge in [0.25, 0.3) is 5.91 Å². The Hall–Kier alpha value is -2.21.